The van der Waals surface area contributed by atoms with Gasteiger partial charge in [0.1, 0.15) is 0 Å². The van der Waals surface area contributed by atoms with Crippen LogP contribution in [0.2, 0.25) is 0 Å². The largest absolute Gasteiger partial charge is 0.345 e. The van der Waals surface area contributed by atoms with Gasteiger partial charge in [0.2, 0.25) is 0 Å². The lowest BCUT2D eigenvalue weighted by atomic mass is 10.2. The fourth-order valence-corrected chi connectivity index (χ4v) is 1.54. The van der Waals surface area contributed by atoms with Gasteiger partial charge in [-0.3, -0.25) is 9.78 Å². The molecule has 1 aromatic heterocycles. The molecule has 0 unspecified atom stereocenters. The van der Waals surface area contributed by atoms with Crippen molar-refractivity contribution >= 4 is 5.91 Å². The van der Waals surface area contributed by atoms with Crippen LogP contribution in [0.1, 0.15) is 11.3 Å². The molecule has 1 N–H and O–H groups in total. The Balaban J connectivity index is 1.78. The molecule has 0 aliphatic heterocycles. The summed E-state index contributed by atoms with van der Waals surface area (Å²) < 4.78 is 0. The molecule has 0 radical (unpaired) electrons. The first kappa shape index (κ1) is 12.8. The highest BCUT2D eigenvalue weighted by Crippen LogP contribution is 1.95. The summed E-state index contributed by atoms with van der Waals surface area (Å²) in [6, 6.07) is 15.2. The van der Waals surface area contributed by atoms with Crippen LogP contribution in [0, 0.1) is 11.8 Å². The average Bonchev–Trinajstić information content (AvgIpc) is 2.47. The van der Waals surface area contributed by atoms with E-state index in [0.29, 0.717) is 13.0 Å². The van der Waals surface area contributed by atoms with Gasteiger partial charge in [0, 0.05) is 36.3 Å². The average molecular weight is 250 g/mol. The van der Waals surface area contributed by atoms with Crippen molar-refractivity contribution in [3.63, 3.8) is 0 Å². The molecule has 0 atom stereocenters. The predicted octanol–water partition coefficient (Wildman–Crippen LogP) is 1.79. The van der Waals surface area contributed by atoms with Crippen LogP contribution >= 0.6 is 0 Å². The number of hydrogen-bond donors (Lipinski definition) is 1. The molecule has 94 valence electrons. The third kappa shape index (κ3) is 4.64. The maximum Gasteiger partial charge on any atom is 0.296 e. The van der Waals surface area contributed by atoms with E-state index in [2.05, 4.69) is 22.1 Å². The molecule has 0 saturated heterocycles. The van der Waals surface area contributed by atoms with Crippen molar-refractivity contribution in [1.82, 2.24) is 10.3 Å². The second-order valence-electron chi connectivity index (χ2n) is 3.94. The van der Waals surface area contributed by atoms with Crippen molar-refractivity contribution in [1.29, 1.82) is 0 Å². The summed E-state index contributed by atoms with van der Waals surface area (Å²) in [5.74, 6) is 5.12. The first-order valence-corrected chi connectivity index (χ1v) is 6.09. The second-order valence-corrected chi connectivity index (χ2v) is 3.94. The Morgan fingerprint density at radius 2 is 1.89 bits per heavy atom. The highest BCUT2D eigenvalue weighted by Gasteiger charge is 1.96. The third-order valence-corrected chi connectivity index (χ3v) is 2.49. The zero-order chi connectivity index (χ0) is 13.3. The molecule has 2 aromatic rings. The van der Waals surface area contributed by atoms with E-state index in [1.165, 1.54) is 0 Å². The molecule has 3 nitrogen and oxygen atoms in total. The van der Waals surface area contributed by atoms with Crippen LogP contribution in [-0.2, 0) is 11.2 Å². The number of carbonyl (C=O) groups is 1. The van der Waals surface area contributed by atoms with E-state index in [1.54, 1.807) is 6.20 Å². The number of rotatable bonds is 3. The monoisotopic (exact) mass is 250 g/mol. The van der Waals surface area contributed by atoms with E-state index in [1.807, 2.05) is 48.5 Å². The lowest BCUT2D eigenvalue weighted by Crippen LogP contribution is -2.24. The van der Waals surface area contributed by atoms with E-state index in [4.69, 9.17) is 0 Å². The maximum absolute atomic E-state index is 11.5. The number of benzene rings is 1. The molecule has 0 bridgehead atoms. The third-order valence-electron chi connectivity index (χ3n) is 2.49. The number of hydrogen-bond acceptors (Lipinski definition) is 2. The molecular weight excluding hydrogens is 236 g/mol. The van der Waals surface area contributed by atoms with Crippen LogP contribution in [0.25, 0.3) is 0 Å². The Labute approximate surface area is 112 Å². The zero-order valence-corrected chi connectivity index (χ0v) is 10.5. The summed E-state index contributed by atoms with van der Waals surface area (Å²) in [5.41, 5.74) is 1.79. The van der Waals surface area contributed by atoms with E-state index in [0.717, 1.165) is 11.3 Å². The van der Waals surface area contributed by atoms with Gasteiger partial charge in [0.15, 0.2) is 0 Å². The lowest BCUT2D eigenvalue weighted by Gasteiger charge is -2.00. The van der Waals surface area contributed by atoms with Crippen LogP contribution < -0.4 is 5.32 Å². The van der Waals surface area contributed by atoms with E-state index in [9.17, 15) is 4.79 Å². The molecular formula is C16H14N2O. The minimum Gasteiger partial charge on any atom is -0.345 e. The number of aromatic nitrogens is 1. The van der Waals surface area contributed by atoms with Gasteiger partial charge < -0.3 is 5.32 Å². The summed E-state index contributed by atoms with van der Waals surface area (Å²) in [5, 5.41) is 2.75. The molecule has 2 rings (SSSR count). The van der Waals surface area contributed by atoms with Crippen molar-refractivity contribution in [2.75, 3.05) is 6.54 Å². The van der Waals surface area contributed by atoms with E-state index < -0.39 is 0 Å². The summed E-state index contributed by atoms with van der Waals surface area (Å²) in [4.78, 5) is 15.7. The van der Waals surface area contributed by atoms with Crippen LogP contribution in [0.4, 0.5) is 0 Å². The zero-order valence-electron chi connectivity index (χ0n) is 10.5. The van der Waals surface area contributed by atoms with Crippen LogP contribution in [0.15, 0.2) is 54.7 Å². The summed E-state index contributed by atoms with van der Waals surface area (Å²) in [7, 11) is 0. The molecule has 1 amide bonds. The van der Waals surface area contributed by atoms with E-state index >= 15 is 0 Å². The highest BCUT2D eigenvalue weighted by molar-refractivity contribution is 5.94. The number of pyridine rings is 1. The van der Waals surface area contributed by atoms with Gasteiger partial charge in [-0.1, -0.05) is 30.2 Å². The first-order valence-electron chi connectivity index (χ1n) is 6.09. The Kier molecular flexibility index (Phi) is 4.71. The minimum absolute atomic E-state index is 0.264. The lowest BCUT2D eigenvalue weighted by molar-refractivity contribution is -0.115. The second kappa shape index (κ2) is 6.97. The summed E-state index contributed by atoms with van der Waals surface area (Å²) in [6.45, 7) is 0.541. The van der Waals surface area contributed by atoms with Gasteiger partial charge in [-0.2, -0.15) is 0 Å². The molecule has 0 spiro atoms. The van der Waals surface area contributed by atoms with Crippen molar-refractivity contribution in [3.05, 3.63) is 66.0 Å². The van der Waals surface area contributed by atoms with Crippen LogP contribution in [0.3, 0.4) is 0 Å². The highest BCUT2D eigenvalue weighted by atomic mass is 16.1. The number of nitrogens with zero attached hydrogens (tertiary/aromatic N) is 1. The predicted molar refractivity (Wildman–Crippen MR) is 74.3 cm³/mol. The Morgan fingerprint density at radius 3 is 2.63 bits per heavy atom. The van der Waals surface area contributed by atoms with E-state index in [-0.39, 0.29) is 5.91 Å². The molecule has 0 saturated carbocycles. The van der Waals surface area contributed by atoms with Crippen molar-refractivity contribution in [2.24, 2.45) is 0 Å². The molecule has 0 aliphatic rings. The number of carbonyl (C=O) groups excluding carboxylic acids is 1. The Hall–Kier alpha value is -2.60. The van der Waals surface area contributed by atoms with Gasteiger partial charge in [0.05, 0.1) is 0 Å². The quantitative estimate of drug-likeness (QED) is 0.844. The minimum atomic E-state index is -0.264. The molecule has 0 aliphatic carbocycles. The van der Waals surface area contributed by atoms with Gasteiger partial charge in [0.25, 0.3) is 5.91 Å². The SMILES string of the molecule is O=C(C#Cc1ccccc1)NCCc1ccccn1. The number of nitrogens with one attached hydrogen (secondary N) is 1. The Bertz CT molecular complexity index is 582. The van der Waals surface area contributed by atoms with Crippen molar-refractivity contribution in [2.45, 2.75) is 6.42 Å². The molecule has 3 heteroatoms. The van der Waals surface area contributed by atoms with Gasteiger partial charge in [-0.15, -0.1) is 0 Å². The fraction of sp³-hybridized carbons (Fsp3) is 0.125. The topological polar surface area (TPSA) is 42.0 Å². The van der Waals surface area contributed by atoms with Gasteiger partial charge >= 0.3 is 0 Å². The van der Waals surface area contributed by atoms with Crippen molar-refractivity contribution in [3.8, 4) is 11.8 Å². The fourth-order valence-electron chi connectivity index (χ4n) is 1.54. The molecule has 0 fully saturated rings. The van der Waals surface area contributed by atoms with Crippen LogP contribution in [0.5, 0.6) is 0 Å². The summed E-state index contributed by atoms with van der Waals surface area (Å²) in [6.07, 6.45) is 2.45. The first-order chi connectivity index (χ1) is 9.34. The maximum atomic E-state index is 11.5. The normalized spacial score (nSPS) is 9.26. The van der Waals surface area contributed by atoms with Crippen molar-refractivity contribution < 1.29 is 4.79 Å². The molecule has 1 aromatic carbocycles. The van der Waals surface area contributed by atoms with Gasteiger partial charge in [-0.25, -0.2) is 0 Å². The molecule has 19 heavy (non-hydrogen) atoms. The van der Waals surface area contributed by atoms with Gasteiger partial charge in [-0.05, 0) is 24.3 Å². The standard InChI is InChI=1S/C16H14N2O/c19-16(10-9-14-6-2-1-3-7-14)18-13-11-15-8-4-5-12-17-15/h1-8,12H,11,13H2,(H,18,19). The number of amides is 1. The van der Waals surface area contributed by atoms with Crippen LogP contribution in [-0.4, -0.2) is 17.4 Å². The summed E-state index contributed by atoms with van der Waals surface area (Å²) >= 11 is 0. The molecule has 1 heterocycles. The Morgan fingerprint density at radius 1 is 1.11 bits per heavy atom. The smallest absolute Gasteiger partial charge is 0.296 e.